The molecule has 0 saturated carbocycles. The Morgan fingerprint density at radius 3 is 2.60 bits per heavy atom. The SMILES string of the molecule is COc1cnc2c(-c3nc4c(C(F)(F)F)cc(OCCN)cc4s3)cc(C)cc2n1. The van der Waals surface area contributed by atoms with Gasteiger partial charge in [-0.1, -0.05) is 0 Å². The van der Waals surface area contributed by atoms with Crippen molar-refractivity contribution in [2.24, 2.45) is 5.73 Å². The smallest absolute Gasteiger partial charge is 0.418 e. The van der Waals surface area contributed by atoms with Crippen molar-refractivity contribution >= 4 is 32.6 Å². The molecule has 0 aliphatic heterocycles. The van der Waals surface area contributed by atoms with Gasteiger partial charge >= 0.3 is 6.18 Å². The maximum Gasteiger partial charge on any atom is 0.418 e. The van der Waals surface area contributed by atoms with Crippen molar-refractivity contribution in [3.8, 4) is 22.2 Å². The number of nitrogens with zero attached hydrogens (tertiary/aromatic N) is 3. The summed E-state index contributed by atoms with van der Waals surface area (Å²) in [6.45, 7) is 2.19. The lowest BCUT2D eigenvalue weighted by molar-refractivity contribution is -0.136. The predicted octanol–water partition coefficient (Wildman–Crippen LogP) is 4.58. The molecule has 0 aliphatic carbocycles. The molecule has 4 rings (SSSR count). The van der Waals surface area contributed by atoms with Gasteiger partial charge in [0.1, 0.15) is 17.4 Å². The molecule has 156 valence electrons. The highest BCUT2D eigenvalue weighted by Crippen LogP contribution is 2.42. The van der Waals surface area contributed by atoms with E-state index in [9.17, 15) is 13.2 Å². The van der Waals surface area contributed by atoms with E-state index in [1.807, 2.05) is 19.1 Å². The number of ether oxygens (including phenoxy) is 2. The lowest BCUT2D eigenvalue weighted by Crippen LogP contribution is -2.11. The lowest BCUT2D eigenvalue weighted by Gasteiger charge is -2.10. The molecule has 0 unspecified atom stereocenters. The second-order valence-electron chi connectivity index (χ2n) is 6.56. The van der Waals surface area contributed by atoms with Crippen LogP contribution in [-0.2, 0) is 6.18 Å². The highest BCUT2D eigenvalue weighted by molar-refractivity contribution is 7.21. The summed E-state index contributed by atoms with van der Waals surface area (Å²) in [7, 11) is 1.49. The van der Waals surface area contributed by atoms with Crippen LogP contribution in [-0.4, -0.2) is 35.2 Å². The van der Waals surface area contributed by atoms with Crippen LogP contribution in [0.2, 0.25) is 0 Å². The van der Waals surface area contributed by atoms with E-state index in [1.165, 1.54) is 13.3 Å². The van der Waals surface area contributed by atoms with Crippen molar-refractivity contribution in [2.45, 2.75) is 13.1 Å². The number of aromatic nitrogens is 3. The van der Waals surface area contributed by atoms with Crippen LogP contribution in [0, 0.1) is 6.92 Å². The van der Waals surface area contributed by atoms with E-state index in [0.717, 1.165) is 23.0 Å². The van der Waals surface area contributed by atoms with E-state index >= 15 is 0 Å². The summed E-state index contributed by atoms with van der Waals surface area (Å²) in [6.07, 6.45) is -3.11. The van der Waals surface area contributed by atoms with Crippen molar-refractivity contribution in [3.63, 3.8) is 0 Å². The van der Waals surface area contributed by atoms with E-state index in [-0.39, 0.29) is 24.4 Å². The summed E-state index contributed by atoms with van der Waals surface area (Å²) in [5.74, 6) is 0.457. The second kappa shape index (κ2) is 7.69. The monoisotopic (exact) mass is 434 g/mol. The third-order valence-electron chi connectivity index (χ3n) is 4.37. The summed E-state index contributed by atoms with van der Waals surface area (Å²) in [5, 5.41) is 0.416. The maximum atomic E-state index is 13.7. The zero-order valence-corrected chi connectivity index (χ0v) is 16.9. The molecule has 2 aromatic heterocycles. The number of rotatable bonds is 5. The number of benzene rings is 2. The van der Waals surface area contributed by atoms with E-state index in [0.29, 0.717) is 32.2 Å². The highest BCUT2D eigenvalue weighted by atomic mass is 32.1. The first-order valence-electron chi connectivity index (χ1n) is 8.96. The van der Waals surface area contributed by atoms with E-state index in [2.05, 4.69) is 15.0 Å². The molecular formula is C20H17F3N4O2S. The topological polar surface area (TPSA) is 83.2 Å². The first kappa shape index (κ1) is 20.3. The molecule has 0 amide bonds. The fourth-order valence-corrected chi connectivity index (χ4v) is 4.14. The van der Waals surface area contributed by atoms with Crippen LogP contribution < -0.4 is 15.2 Å². The van der Waals surface area contributed by atoms with Crippen LogP contribution in [0.15, 0.2) is 30.5 Å². The minimum absolute atomic E-state index is 0.106. The molecule has 30 heavy (non-hydrogen) atoms. The first-order chi connectivity index (χ1) is 14.3. The van der Waals surface area contributed by atoms with E-state index in [1.54, 1.807) is 6.07 Å². The van der Waals surface area contributed by atoms with E-state index < -0.39 is 11.7 Å². The third kappa shape index (κ3) is 3.75. The van der Waals surface area contributed by atoms with Crippen molar-refractivity contribution in [1.82, 2.24) is 15.0 Å². The van der Waals surface area contributed by atoms with Crippen LogP contribution in [0.3, 0.4) is 0 Å². The number of nitrogens with two attached hydrogens (primary N) is 1. The molecule has 2 heterocycles. The molecule has 0 saturated heterocycles. The summed E-state index contributed by atoms with van der Waals surface area (Å²) in [4.78, 5) is 13.1. The van der Waals surface area contributed by atoms with Gasteiger partial charge in [0.15, 0.2) is 0 Å². The summed E-state index contributed by atoms with van der Waals surface area (Å²) in [5.41, 5.74) is 7.03. The quantitative estimate of drug-likeness (QED) is 0.495. The number of fused-ring (bicyclic) bond motifs is 2. The number of methoxy groups -OCH3 is 1. The predicted molar refractivity (Wildman–Crippen MR) is 109 cm³/mol. The second-order valence-corrected chi connectivity index (χ2v) is 7.59. The summed E-state index contributed by atoms with van der Waals surface area (Å²) >= 11 is 1.14. The van der Waals surface area contributed by atoms with Crippen molar-refractivity contribution in [1.29, 1.82) is 0 Å². The molecule has 4 aromatic rings. The molecular weight excluding hydrogens is 417 g/mol. The van der Waals surface area contributed by atoms with Gasteiger partial charge < -0.3 is 15.2 Å². The molecule has 0 aliphatic rings. The molecule has 2 N–H and O–H groups in total. The Bertz CT molecular complexity index is 1240. The van der Waals surface area contributed by atoms with Gasteiger partial charge in [0.05, 0.1) is 40.1 Å². The Balaban J connectivity index is 1.94. The number of halogens is 3. The van der Waals surface area contributed by atoms with Gasteiger partial charge in [-0.15, -0.1) is 11.3 Å². The zero-order valence-electron chi connectivity index (χ0n) is 16.1. The Morgan fingerprint density at radius 2 is 1.90 bits per heavy atom. The van der Waals surface area contributed by atoms with E-state index in [4.69, 9.17) is 15.2 Å². The van der Waals surface area contributed by atoms with Gasteiger partial charge in [-0.2, -0.15) is 13.2 Å². The van der Waals surface area contributed by atoms with Gasteiger partial charge in [0.2, 0.25) is 5.88 Å². The standard InChI is InChI=1S/C20H17F3N4O2S/c1-10-5-12(17-14(6-10)26-16(28-2)9-25-17)19-27-18-13(20(21,22)23)7-11(29-4-3-24)8-15(18)30-19/h5-9H,3-4,24H2,1-2H3. The number of hydrogen-bond donors (Lipinski definition) is 1. The minimum atomic E-state index is -4.58. The zero-order chi connectivity index (χ0) is 21.5. The molecule has 10 heteroatoms. The van der Waals surface area contributed by atoms with Gasteiger partial charge in [0.25, 0.3) is 0 Å². The van der Waals surface area contributed by atoms with Gasteiger partial charge in [-0.05, 0) is 36.8 Å². The molecule has 0 bridgehead atoms. The molecule has 0 fully saturated rings. The van der Waals surface area contributed by atoms with Crippen LogP contribution >= 0.6 is 11.3 Å². The van der Waals surface area contributed by atoms with Crippen LogP contribution in [0.25, 0.3) is 31.8 Å². The summed E-state index contributed by atoms with van der Waals surface area (Å²) in [6, 6.07) is 6.18. The van der Waals surface area contributed by atoms with Crippen molar-refractivity contribution < 1.29 is 22.6 Å². The fourth-order valence-electron chi connectivity index (χ4n) is 3.10. The first-order valence-corrected chi connectivity index (χ1v) is 9.78. The molecule has 0 radical (unpaired) electrons. The number of thiazole rings is 1. The van der Waals surface area contributed by atoms with Crippen molar-refractivity contribution in [2.75, 3.05) is 20.3 Å². The highest BCUT2D eigenvalue weighted by Gasteiger charge is 2.35. The van der Waals surface area contributed by atoms with Crippen LogP contribution in [0.1, 0.15) is 11.1 Å². The number of hydrogen-bond acceptors (Lipinski definition) is 7. The molecule has 6 nitrogen and oxygen atoms in total. The maximum absolute atomic E-state index is 13.7. The molecule has 0 atom stereocenters. The number of alkyl halides is 3. The average Bonchev–Trinajstić information content (AvgIpc) is 3.13. The van der Waals surface area contributed by atoms with Gasteiger partial charge in [-0.3, -0.25) is 0 Å². The Kier molecular flexibility index (Phi) is 5.20. The fraction of sp³-hybridized carbons (Fsp3) is 0.250. The average molecular weight is 434 g/mol. The van der Waals surface area contributed by atoms with Gasteiger partial charge in [-0.25, -0.2) is 15.0 Å². The molecule has 2 aromatic carbocycles. The Morgan fingerprint density at radius 1 is 1.10 bits per heavy atom. The van der Waals surface area contributed by atoms with Gasteiger partial charge in [0, 0.05) is 12.1 Å². The normalized spacial score (nSPS) is 11.9. The third-order valence-corrected chi connectivity index (χ3v) is 5.40. The lowest BCUT2D eigenvalue weighted by atomic mass is 10.1. The van der Waals surface area contributed by atoms with Crippen molar-refractivity contribution in [3.05, 3.63) is 41.6 Å². The number of aryl methyl sites for hydroxylation is 1. The van der Waals surface area contributed by atoms with Crippen LogP contribution in [0.4, 0.5) is 13.2 Å². The van der Waals surface area contributed by atoms with Crippen LogP contribution in [0.5, 0.6) is 11.6 Å². The minimum Gasteiger partial charge on any atom is -0.492 e. The molecule has 0 spiro atoms. The largest absolute Gasteiger partial charge is 0.492 e. The Labute approximate surface area is 173 Å². The summed E-state index contributed by atoms with van der Waals surface area (Å²) < 4.78 is 51.9. The Hall–Kier alpha value is -2.98.